The van der Waals surface area contributed by atoms with Crippen LogP contribution in [-0.4, -0.2) is 50.6 Å². The van der Waals surface area contributed by atoms with Crippen molar-refractivity contribution in [3.63, 3.8) is 0 Å². The van der Waals surface area contributed by atoms with Crippen LogP contribution < -0.4 is 5.32 Å². The van der Waals surface area contributed by atoms with Crippen LogP contribution >= 0.6 is 0 Å². The molecule has 3 atom stereocenters. The van der Waals surface area contributed by atoms with Gasteiger partial charge in [-0.3, -0.25) is 4.79 Å². The average Bonchev–Trinajstić information content (AvgIpc) is 2.65. The van der Waals surface area contributed by atoms with Gasteiger partial charge in [0.15, 0.2) is 0 Å². The Labute approximate surface area is 89.1 Å². The SMILES string of the molecule is CCOC(=O)C[C@@H]1CN[C@@H]2COC[C@H]2O1. The lowest BCUT2D eigenvalue weighted by Gasteiger charge is -2.31. The molecule has 0 spiro atoms. The summed E-state index contributed by atoms with van der Waals surface area (Å²) in [5.74, 6) is -0.193. The first-order valence-corrected chi connectivity index (χ1v) is 5.41. The summed E-state index contributed by atoms with van der Waals surface area (Å²) in [6.07, 6.45) is 0.342. The Bertz CT molecular complexity index is 233. The van der Waals surface area contributed by atoms with Crippen LogP contribution in [0.5, 0.6) is 0 Å². The van der Waals surface area contributed by atoms with E-state index in [9.17, 15) is 4.79 Å². The summed E-state index contributed by atoms with van der Waals surface area (Å²) >= 11 is 0. The zero-order valence-electron chi connectivity index (χ0n) is 8.90. The van der Waals surface area contributed by atoms with Gasteiger partial charge in [0.1, 0.15) is 0 Å². The van der Waals surface area contributed by atoms with Crippen molar-refractivity contribution < 1.29 is 19.0 Å². The van der Waals surface area contributed by atoms with Gasteiger partial charge >= 0.3 is 5.97 Å². The largest absolute Gasteiger partial charge is 0.466 e. The third-order valence-corrected chi connectivity index (χ3v) is 2.70. The molecule has 0 saturated carbocycles. The molecule has 0 amide bonds. The van der Waals surface area contributed by atoms with E-state index < -0.39 is 0 Å². The normalized spacial score (nSPS) is 34.9. The van der Waals surface area contributed by atoms with Crippen molar-refractivity contribution in [2.24, 2.45) is 0 Å². The van der Waals surface area contributed by atoms with E-state index in [-0.39, 0.29) is 18.2 Å². The van der Waals surface area contributed by atoms with Crippen molar-refractivity contribution >= 4 is 5.97 Å². The highest BCUT2D eigenvalue weighted by molar-refractivity contribution is 5.70. The molecule has 0 aromatic rings. The highest BCUT2D eigenvalue weighted by Gasteiger charge is 2.36. The molecule has 0 aromatic heterocycles. The number of morpholine rings is 1. The van der Waals surface area contributed by atoms with E-state index in [1.807, 2.05) is 0 Å². The summed E-state index contributed by atoms with van der Waals surface area (Å²) in [5.41, 5.74) is 0. The minimum Gasteiger partial charge on any atom is -0.466 e. The second-order valence-corrected chi connectivity index (χ2v) is 3.86. The van der Waals surface area contributed by atoms with Crippen LogP contribution in [0.4, 0.5) is 0 Å². The fraction of sp³-hybridized carbons (Fsp3) is 0.900. The van der Waals surface area contributed by atoms with Crippen molar-refractivity contribution in [1.29, 1.82) is 0 Å². The predicted octanol–water partition coefficient (Wildman–Crippen LogP) is -0.305. The molecule has 1 N–H and O–H groups in total. The van der Waals surface area contributed by atoms with Gasteiger partial charge in [-0.25, -0.2) is 0 Å². The number of carbonyl (C=O) groups excluding carboxylic acids is 1. The first-order valence-electron chi connectivity index (χ1n) is 5.41. The summed E-state index contributed by atoms with van der Waals surface area (Å²) in [4.78, 5) is 11.2. The van der Waals surface area contributed by atoms with E-state index in [4.69, 9.17) is 14.2 Å². The monoisotopic (exact) mass is 215 g/mol. The van der Waals surface area contributed by atoms with Gasteiger partial charge in [0.25, 0.3) is 0 Å². The van der Waals surface area contributed by atoms with Crippen LogP contribution in [0.1, 0.15) is 13.3 Å². The molecule has 0 unspecified atom stereocenters. The lowest BCUT2D eigenvalue weighted by Crippen LogP contribution is -2.52. The molecule has 2 aliphatic heterocycles. The quantitative estimate of drug-likeness (QED) is 0.655. The van der Waals surface area contributed by atoms with Gasteiger partial charge in [0.05, 0.1) is 44.5 Å². The molecule has 0 aromatic carbocycles. The average molecular weight is 215 g/mol. The fourth-order valence-electron chi connectivity index (χ4n) is 1.96. The molecule has 2 aliphatic rings. The summed E-state index contributed by atoms with van der Waals surface area (Å²) < 4.78 is 15.9. The topological polar surface area (TPSA) is 56.8 Å². The van der Waals surface area contributed by atoms with Crippen LogP contribution in [-0.2, 0) is 19.0 Å². The molecule has 5 nitrogen and oxygen atoms in total. The number of esters is 1. The maximum atomic E-state index is 11.2. The maximum Gasteiger partial charge on any atom is 0.308 e. The Morgan fingerprint density at radius 2 is 2.40 bits per heavy atom. The zero-order chi connectivity index (χ0) is 10.7. The third kappa shape index (κ3) is 2.68. The number of nitrogens with one attached hydrogen (secondary N) is 1. The van der Waals surface area contributed by atoms with Crippen LogP contribution in [0.3, 0.4) is 0 Å². The number of ether oxygens (including phenoxy) is 3. The molecule has 0 bridgehead atoms. The highest BCUT2D eigenvalue weighted by Crippen LogP contribution is 2.18. The Kier molecular flexibility index (Phi) is 3.56. The number of hydrogen-bond acceptors (Lipinski definition) is 5. The summed E-state index contributed by atoms with van der Waals surface area (Å²) in [6, 6.07) is 0.295. The highest BCUT2D eigenvalue weighted by atomic mass is 16.6. The lowest BCUT2D eigenvalue weighted by molar-refractivity contribution is -0.149. The van der Waals surface area contributed by atoms with Gasteiger partial charge in [0.2, 0.25) is 0 Å². The Morgan fingerprint density at radius 3 is 3.20 bits per heavy atom. The molecule has 0 radical (unpaired) electrons. The Morgan fingerprint density at radius 1 is 1.53 bits per heavy atom. The minimum atomic E-state index is -0.193. The summed E-state index contributed by atoms with van der Waals surface area (Å²) in [5, 5.41) is 3.32. The van der Waals surface area contributed by atoms with Gasteiger partial charge in [-0.15, -0.1) is 0 Å². The first-order chi connectivity index (χ1) is 7.29. The molecule has 0 aliphatic carbocycles. The van der Waals surface area contributed by atoms with Crippen LogP contribution in [0.2, 0.25) is 0 Å². The number of hydrogen-bond donors (Lipinski definition) is 1. The van der Waals surface area contributed by atoms with Crippen molar-refractivity contribution in [1.82, 2.24) is 5.32 Å². The van der Waals surface area contributed by atoms with Crippen LogP contribution in [0, 0.1) is 0 Å². The first kappa shape index (κ1) is 10.9. The van der Waals surface area contributed by atoms with E-state index in [1.54, 1.807) is 6.92 Å². The van der Waals surface area contributed by atoms with Gasteiger partial charge in [0, 0.05) is 6.54 Å². The van der Waals surface area contributed by atoms with Crippen molar-refractivity contribution in [3.05, 3.63) is 0 Å². The van der Waals surface area contributed by atoms with Gasteiger partial charge < -0.3 is 19.5 Å². The van der Waals surface area contributed by atoms with Gasteiger partial charge in [-0.1, -0.05) is 0 Å². The smallest absolute Gasteiger partial charge is 0.308 e. The number of rotatable bonds is 3. The molecular formula is C10H17NO4. The van der Waals surface area contributed by atoms with E-state index in [2.05, 4.69) is 5.32 Å². The number of fused-ring (bicyclic) bond motifs is 1. The van der Waals surface area contributed by atoms with E-state index in [0.717, 1.165) is 0 Å². The summed E-state index contributed by atoms with van der Waals surface area (Å²) in [7, 11) is 0. The zero-order valence-corrected chi connectivity index (χ0v) is 8.90. The molecular weight excluding hydrogens is 198 g/mol. The van der Waals surface area contributed by atoms with E-state index >= 15 is 0 Å². The lowest BCUT2D eigenvalue weighted by atomic mass is 10.1. The standard InChI is InChI=1S/C10H17NO4/c1-2-14-10(12)3-7-4-11-8-5-13-6-9(8)15-7/h7-9,11H,2-6H2,1H3/t7-,8-,9-/m1/s1. The fourth-order valence-corrected chi connectivity index (χ4v) is 1.96. The van der Waals surface area contributed by atoms with Gasteiger partial charge in [-0.05, 0) is 6.92 Å². The van der Waals surface area contributed by atoms with E-state index in [1.165, 1.54) is 0 Å². The van der Waals surface area contributed by atoms with Crippen LogP contribution in [0.15, 0.2) is 0 Å². The second-order valence-electron chi connectivity index (χ2n) is 3.86. The molecule has 2 rings (SSSR count). The summed E-state index contributed by atoms with van der Waals surface area (Å²) in [6.45, 7) is 4.25. The third-order valence-electron chi connectivity index (χ3n) is 2.70. The van der Waals surface area contributed by atoms with Crippen molar-refractivity contribution in [2.75, 3.05) is 26.4 Å². The molecule has 2 heterocycles. The molecule has 5 heteroatoms. The molecule has 2 saturated heterocycles. The maximum absolute atomic E-state index is 11.2. The van der Waals surface area contributed by atoms with E-state index in [0.29, 0.717) is 38.8 Å². The molecule has 2 fully saturated rings. The Balaban J connectivity index is 1.77. The number of carbonyl (C=O) groups is 1. The Hall–Kier alpha value is -0.650. The van der Waals surface area contributed by atoms with Crippen molar-refractivity contribution in [3.8, 4) is 0 Å². The van der Waals surface area contributed by atoms with Gasteiger partial charge in [-0.2, -0.15) is 0 Å². The van der Waals surface area contributed by atoms with Crippen molar-refractivity contribution in [2.45, 2.75) is 31.6 Å². The van der Waals surface area contributed by atoms with Crippen LogP contribution in [0.25, 0.3) is 0 Å². The predicted molar refractivity (Wildman–Crippen MR) is 52.5 cm³/mol. The minimum absolute atomic E-state index is 0.0769. The molecule has 15 heavy (non-hydrogen) atoms. The second kappa shape index (κ2) is 4.92. The molecule has 86 valence electrons.